The number of nitrogens with one attached hydrogen (secondary N) is 3. The zero-order valence-electron chi connectivity index (χ0n) is 25.8. The molecule has 0 fully saturated rings. The van der Waals surface area contributed by atoms with Gasteiger partial charge in [-0.25, -0.2) is 14.5 Å². The number of hydrogen-bond acceptors (Lipinski definition) is 7. The summed E-state index contributed by atoms with van der Waals surface area (Å²) >= 11 is 0. The molecule has 5 N–H and O–H groups in total. The summed E-state index contributed by atoms with van der Waals surface area (Å²) in [6.07, 6.45) is 1.60. The number of anilines is 2. The van der Waals surface area contributed by atoms with Gasteiger partial charge in [-0.1, -0.05) is 62.7 Å². The third-order valence-electron chi connectivity index (χ3n) is 6.62. The Morgan fingerprint density at radius 1 is 0.932 bits per heavy atom. The lowest BCUT2D eigenvalue weighted by Crippen LogP contribution is -2.21. The van der Waals surface area contributed by atoms with Crippen molar-refractivity contribution in [2.24, 2.45) is 5.73 Å². The predicted molar refractivity (Wildman–Crippen MR) is 174 cm³/mol. The van der Waals surface area contributed by atoms with Crippen molar-refractivity contribution in [1.29, 1.82) is 0 Å². The van der Waals surface area contributed by atoms with Crippen LogP contribution in [0.5, 0.6) is 11.6 Å². The van der Waals surface area contributed by atoms with E-state index in [-0.39, 0.29) is 17.7 Å². The largest absolute Gasteiger partial charge is 0.438 e. The number of carbonyl (C=O) groups excluding carboxylic acids is 2. The van der Waals surface area contributed by atoms with E-state index in [2.05, 4.69) is 52.4 Å². The minimum absolute atomic E-state index is 0.0481. The molecule has 0 aliphatic heterocycles. The van der Waals surface area contributed by atoms with Gasteiger partial charge in [0.15, 0.2) is 0 Å². The number of carbonyl (C=O) groups is 2. The number of aromatic nitrogens is 4. The van der Waals surface area contributed by atoms with Crippen LogP contribution in [0.15, 0.2) is 79.0 Å². The first kappa shape index (κ1) is 31.6. The molecule has 0 aliphatic carbocycles. The molecule has 0 saturated heterocycles. The Bertz CT molecular complexity index is 1760. The molecule has 228 valence electrons. The number of rotatable bonds is 7. The lowest BCUT2D eigenvalue weighted by molar-refractivity contribution is -0.120. The van der Waals surface area contributed by atoms with Crippen molar-refractivity contribution < 1.29 is 14.3 Å². The minimum atomic E-state index is -0.405. The maximum absolute atomic E-state index is 13.3. The molecule has 5 rings (SSSR count). The minimum Gasteiger partial charge on any atom is -0.438 e. The van der Waals surface area contributed by atoms with E-state index in [0.717, 1.165) is 27.7 Å². The molecule has 5 aromatic rings. The molecule has 44 heavy (non-hydrogen) atoms. The molecule has 11 heteroatoms. The van der Waals surface area contributed by atoms with Crippen LogP contribution in [0.4, 0.5) is 16.3 Å². The van der Waals surface area contributed by atoms with Gasteiger partial charge in [0.25, 0.3) is 0 Å². The number of aryl methyl sites for hydroxylation is 1. The summed E-state index contributed by atoms with van der Waals surface area (Å²) in [6, 6.07) is 22.2. The van der Waals surface area contributed by atoms with E-state index >= 15 is 0 Å². The van der Waals surface area contributed by atoms with Crippen molar-refractivity contribution in [3.05, 3.63) is 96.1 Å². The highest BCUT2D eigenvalue weighted by Gasteiger charge is 2.22. The number of fused-ring (bicyclic) bond motifs is 1. The van der Waals surface area contributed by atoms with E-state index in [0.29, 0.717) is 29.0 Å². The summed E-state index contributed by atoms with van der Waals surface area (Å²) in [4.78, 5) is 33.5. The van der Waals surface area contributed by atoms with Gasteiger partial charge in [0.2, 0.25) is 11.8 Å². The van der Waals surface area contributed by atoms with Crippen molar-refractivity contribution in [3.8, 4) is 17.3 Å². The van der Waals surface area contributed by atoms with Crippen LogP contribution in [0.1, 0.15) is 37.9 Å². The van der Waals surface area contributed by atoms with Gasteiger partial charge < -0.3 is 21.1 Å². The van der Waals surface area contributed by atoms with Crippen molar-refractivity contribution in [2.75, 3.05) is 24.7 Å². The van der Waals surface area contributed by atoms with Gasteiger partial charge >= 0.3 is 6.03 Å². The molecular formula is C33H38N8O3. The molecule has 2 heterocycles. The maximum atomic E-state index is 13.3. The van der Waals surface area contributed by atoms with Gasteiger partial charge in [-0.3, -0.25) is 10.1 Å². The average molecular weight is 595 g/mol. The monoisotopic (exact) mass is 594 g/mol. The van der Waals surface area contributed by atoms with Crippen molar-refractivity contribution >= 4 is 34.2 Å². The highest BCUT2D eigenvalue weighted by Crippen LogP contribution is 2.34. The van der Waals surface area contributed by atoms with Crippen LogP contribution in [0, 0.1) is 6.92 Å². The topological polar surface area (TPSA) is 149 Å². The fraction of sp³-hybridized carbons (Fsp3) is 0.242. The van der Waals surface area contributed by atoms with E-state index in [1.165, 1.54) is 7.05 Å². The van der Waals surface area contributed by atoms with Gasteiger partial charge in [-0.05, 0) is 38.2 Å². The third-order valence-corrected chi connectivity index (χ3v) is 6.62. The number of benzene rings is 3. The quantitative estimate of drug-likeness (QED) is 0.188. The lowest BCUT2D eigenvalue weighted by atomic mass is 9.92. The fourth-order valence-corrected chi connectivity index (χ4v) is 4.33. The Hall–Kier alpha value is -5.29. The summed E-state index contributed by atoms with van der Waals surface area (Å²) in [7, 11) is 3.06. The highest BCUT2D eigenvalue weighted by molar-refractivity contribution is 6.07. The standard InChI is InChI=1S/C32H33N7O3.CH5N/c1-20-10-12-21(13-11-20)39-28(18-26(38-39)32(2,3)4)37-31(41)35-24-14-15-25(23-9-7-6-8-22(23)24)42-30-16-17-34-27(36-30)19-29(40)33-5;1-2/h6-18H,19H2,1-5H3,(H,33,40)(H2,35,37,41);2H2,1H3. The van der Waals surface area contributed by atoms with Gasteiger partial charge in [0.05, 0.1) is 23.5 Å². The zero-order chi connectivity index (χ0) is 31.9. The number of nitrogens with zero attached hydrogens (tertiary/aromatic N) is 4. The summed E-state index contributed by atoms with van der Waals surface area (Å²) < 4.78 is 7.83. The fourth-order valence-electron chi connectivity index (χ4n) is 4.33. The normalized spacial score (nSPS) is 10.9. The summed E-state index contributed by atoms with van der Waals surface area (Å²) in [5, 5.41) is 14.9. The van der Waals surface area contributed by atoms with Gasteiger partial charge in [0.1, 0.15) is 17.4 Å². The number of urea groups is 1. The molecule has 0 unspecified atom stereocenters. The van der Waals surface area contributed by atoms with E-state index in [4.69, 9.17) is 9.84 Å². The SMILES string of the molecule is CN.CNC(=O)Cc1nccc(Oc2ccc(NC(=O)Nc3cc(C(C)(C)C)nn3-c3ccc(C)cc3)c3ccccc23)n1. The molecule has 3 aromatic carbocycles. The van der Waals surface area contributed by atoms with Gasteiger partial charge in [-0.2, -0.15) is 10.1 Å². The van der Waals surface area contributed by atoms with Crippen molar-refractivity contribution in [2.45, 2.75) is 39.5 Å². The van der Waals surface area contributed by atoms with Crippen LogP contribution in [0.2, 0.25) is 0 Å². The summed E-state index contributed by atoms with van der Waals surface area (Å²) in [6.45, 7) is 8.27. The number of amides is 3. The molecule has 0 atom stereocenters. The Morgan fingerprint density at radius 3 is 2.32 bits per heavy atom. The smallest absolute Gasteiger partial charge is 0.324 e. The predicted octanol–water partition coefficient (Wildman–Crippen LogP) is 5.72. The molecule has 0 saturated carbocycles. The van der Waals surface area contributed by atoms with E-state index in [1.54, 1.807) is 36.1 Å². The first-order valence-corrected chi connectivity index (χ1v) is 14.2. The van der Waals surface area contributed by atoms with E-state index < -0.39 is 6.03 Å². The molecule has 3 amide bonds. The van der Waals surface area contributed by atoms with Crippen LogP contribution in [0.3, 0.4) is 0 Å². The molecule has 0 spiro atoms. The van der Waals surface area contributed by atoms with Crippen LogP contribution >= 0.6 is 0 Å². The Morgan fingerprint density at radius 2 is 1.64 bits per heavy atom. The van der Waals surface area contributed by atoms with Gasteiger partial charge in [0, 0.05) is 41.6 Å². The van der Waals surface area contributed by atoms with Crippen LogP contribution < -0.4 is 26.4 Å². The van der Waals surface area contributed by atoms with E-state index in [1.807, 2.05) is 61.5 Å². The number of likely N-dealkylation sites (N-methyl/N-ethyl adjacent to an activating group) is 1. The lowest BCUT2D eigenvalue weighted by Gasteiger charge is -2.14. The maximum Gasteiger partial charge on any atom is 0.324 e. The van der Waals surface area contributed by atoms with Crippen LogP contribution in [-0.2, 0) is 16.6 Å². The Balaban J connectivity index is 0.00000216. The zero-order valence-corrected chi connectivity index (χ0v) is 25.8. The van der Waals surface area contributed by atoms with E-state index in [9.17, 15) is 9.59 Å². The number of ether oxygens (including phenoxy) is 1. The van der Waals surface area contributed by atoms with Crippen molar-refractivity contribution in [1.82, 2.24) is 25.1 Å². The van der Waals surface area contributed by atoms with Gasteiger partial charge in [-0.15, -0.1) is 0 Å². The summed E-state index contributed by atoms with van der Waals surface area (Å²) in [5.74, 6) is 1.58. The van der Waals surface area contributed by atoms with Crippen LogP contribution in [-0.4, -0.2) is 45.8 Å². The number of nitrogens with two attached hydrogens (primary N) is 1. The molecule has 0 radical (unpaired) electrons. The molecule has 0 aliphatic rings. The Labute approximate surface area is 256 Å². The first-order valence-electron chi connectivity index (χ1n) is 14.2. The highest BCUT2D eigenvalue weighted by atomic mass is 16.5. The van der Waals surface area contributed by atoms with Crippen LogP contribution in [0.25, 0.3) is 16.5 Å². The first-order chi connectivity index (χ1) is 21.1. The second-order valence-electron chi connectivity index (χ2n) is 10.9. The molecule has 0 bridgehead atoms. The molecule has 11 nitrogen and oxygen atoms in total. The molecular weight excluding hydrogens is 556 g/mol. The third kappa shape index (κ3) is 7.56. The second kappa shape index (κ2) is 13.8. The molecule has 2 aromatic heterocycles. The Kier molecular flexibility index (Phi) is 9.92. The van der Waals surface area contributed by atoms with Crippen molar-refractivity contribution in [3.63, 3.8) is 0 Å². The second-order valence-corrected chi connectivity index (χ2v) is 10.9. The summed E-state index contributed by atoms with van der Waals surface area (Å²) in [5.41, 5.74) is 7.74. The average Bonchev–Trinajstić information content (AvgIpc) is 3.44. The number of hydrogen-bond donors (Lipinski definition) is 4.